The predicted molar refractivity (Wildman–Crippen MR) is 125 cm³/mol. The summed E-state index contributed by atoms with van der Waals surface area (Å²) in [5, 5.41) is 10.4. The lowest BCUT2D eigenvalue weighted by atomic mass is 10.2. The number of halogens is 4. The molecule has 0 aliphatic rings. The standard InChI is InChI=1S/C23H20ClF3N4O5/c1-13(32)11-31-19-18(20(33)29(2)22(31)34)30(12-14-6-8-15(24)9-7-14)21(28-19)35-16-4-3-5-17(10-16)36-23(25,26)27/h3-10,13,32H,11-12H2,1-2H3. The van der Waals surface area contributed by atoms with E-state index in [9.17, 15) is 27.9 Å². The maximum Gasteiger partial charge on any atom is 0.573 e. The first-order chi connectivity index (χ1) is 16.9. The monoisotopic (exact) mass is 524 g/mol. The summed E-state index contributed by atoms with van der Waals surface area (Å²) in [6.07, 6.45) is -5.84. The number of imidazole rings is 1. The first-order valence-electron chi connectivity index (χ1n) is 10.6. The molecule has 2 aromatic carbocycles. The Balaban J connectivity index is 1.90. The highest BCUT2D eigenvalue weighted by molar-refractivity contribution is 6.30. The van der Waals surface area contributed by atoms with Crippen molar-refractivity contribution < 1.29 is 27.8 Å². The number of aromatic nitrogens is 4. The molecule has 0 amide bonds. The number of nitrogens with zero attached hydrogens (tertiary/aromatic N) is 4. The third kappa shape index (κ3) is 5.39. The summed E-state index contributed by atoms with van der Waals surface area (Å²) in [6, 6.07) is 11.4. The van der Waals surface area contributed by atoms with Gasteiger partial charge < -0.3 is 14.6 Å². The fourth-order valence-corrected chi connectivity index (χ4v) is 3.73. The molecule has 1 N–H and O–H groups in total. The van der Waals surface area contributed by atoms with E-state index in [0.29, 0.717) is 10.6 Å². The van der Waals surface area contributed by atoms with Crippen molar-refractivity contribution in [1.82, 2.24) is 18.7 Å². The van der Waals surface area contributed by atoms with E-state index in [2.05, 4.69) is 9.72 Å². The Morgan fingerprint density at radius 1 is 1.08 bits per heavy atom. The minimum absolute atomic E-state index is 0.00500. The third-order valence-corrected chi connectivity index (χ3v) is 5.40. The maximum atomic E-state index is 13.1. The van der Waals surface area contributed by atoms with Crippen molar-refractivity contribution in [3.05, 3.63) is 80.0 Å². The van der Waals surface area contributed by atoms with Gasteiger partial charge in [0, 0.05) is 18.1 Å². The van der Waals surface area contributed by atoms with Gasteiger partial charge in [0.05, 0.1) is 19.2 Å². The molecular formula is C23H20ClF3N4O5. The lowest BCUT2D eigenvalue weighted by Crippen LogP contribution is -2.40. The van der Waals surface area contributed by atoms with Crippen molar-refractivity contribution in [2.75, 3.05) is 0 Å². The van der Waals surface area contributed by atoms with E-state index in [4.69, 9.17) is 16.3 Å². The Morgan fingerprint density at radius 2 is 1.75 bits per heavy atom. The number of fused-ring (bicyclic) bond motifs is 1. The fourth-order valence-electron chi connectivity index (χ4n) is 3.60. The Labute approximate surface area is 206 Å². The average Bonchev–Trinajstić information content (AvgIpc) is 3.13. The predicted octanol–water partition coefficient (Wildman–Crippen LogP) is 3.67. The van der Waals surface area contributed by atoms with Gasteiger partial charge in [0.1, 0.15) is 11.5 Å². The van der Waals surface area contributed by atoms with Crippen molar-refractivity contribution in [3.8, 4) is 17.5 Å². The summed E-state index contributed by atoms with van der Waals surface area (Å²) in [4.78, 5) is 30.2. The van der Waals surface area contributed by atoms with Crippen LogP contribution in [0.4, 0.5) is 13.2 Å². The number of aliphatic hydroxyl groups excluding tert-OH is 1. The number of ether oxygens (including phenoxy) is 2. The molecule has 0 saturated carbocycles. The van der Waals surface area contributed by atoms with E-state index in [1.54, 1.807) is 24.3 Å². The Hall–Kier alpha value is -3.77. The smallest absolute Gasteiger partial charge is 0.425 e. The summed E-state index contributed by atoms with van der Waals surface area (Å²) >= 11 is 5.97. The highest BCUT2D eigenvalue weighted by Crippen LogP contribution is 2.30. The number of alkyl halides is 3. The van der Waals surface area contributed by atoms with Gasteiger partial charge in [-0.2, -0.15) is 4.98 Å². The molecule has 0 fully saturated rings. The molecule has 36 heavy (non-hydrogen) atoms. The van der Waals surface area contributed by atoms with Crippen molar-refractivity contribution in [1.29, 1.82) is 0 Å². The quantitative estimate of drug-likeness (QED) is 0.396. The maximum absolute atomic E-state index is 13.1. The Bertz CT molecular complexity index is 1520. The van der Waals surface area contributed by atoms with Gasteiger partial charge in [-0.05, 0) is 36.8 Å². The first kappa shape index (κ1) is 25.3. The van der Waals surface area contributed by atoms with E-state index in [1.807, 2.05) is 0 Å². The topological polar surface area (TPSA) is 101 Å². The van der Waals surface area contributed by atoms with Crippen LogP contribution in [0.3, 0.4) is 0 Å². The second-order valence-corrected chi connectivity index (χ2v) is 8.45. The second kappa shape index (κ2) is 9.70. The molecule has 190 valence electrons. The van der Waals surface area contributed by atoms with Crippen LogP contribution in [0.5, 0.6) is 17.5 Å². The van der Waals surface area contributed by atoms with Gasteiger partial charge in [0.25, 0.3) is 5.56 Å². The zero-order chi connectivity index (χ0) is 26.2. The number of rotatable bonds is 7. The van der Waals surface area contributed by atoms with E-state index in [0.717, 1.165) is 21.3 Å². The van der Waals surface area contributed by atoms with Crippen molar-refractivity contribution in [2.24, 2.45) is 7.05 Å². The molecule has 0 bridgehead atoms. The SMILES string of the molecule is CC(O)Cn1c(=O)n(C)c(=O)c2c1nc(Oc1cccc(OC(F)(F)F)c1)n2Cc1ccc(Cl)cc1. The minimum atomic E-state index is -4.90. The molecule has 9 nitrogen and oxygen atoms in total. The highest BCUT2D eigenvalue weighted by atomic mass is 35.5. The lowest BCUT2D eigenvalue weighted by Gasteiger charge is -2.13. The zero-order valence-electron chi connectivity index (χ0n) is 19.0. The van der Waals surface area contributed by atoms with Crippen LogP contribution in [0.25, 0.3) is 11.2 Å². The molecule has 2 heterocycles. The summed E-state index contributed by atoms with van der Waals surface area (Å²) < 4.78 is 51.1. The molecule has 0 aliphatic heterocycles. The van der Waals surface area contributed by atoms with E-state index in [1.165, 1.54) is 30.7 Å². The van der Waals surface area contributed by atoms with Gasteiger partial charge in [0.15, 0.2) is 11.2 Å². The van der Waals surface area contributed by atoms with Crippen LogP contribution in [0, 0.1) is 0 Å². The van der Waals surface area contributed by atoms with Gasteiger partial charge in [-0.1, -0.05) is 29.8 Å². The first-order valence-corrected chi connectivity index (χ1v) is 11.0. The van der Waals surface area contributed by atoms with Crippen LogP contribution in [-0.2, 0) is 20.1 Å². The number of aliphatic hydroxyl groups is 1. The molecular weight excluding hydrogens is 505 g/mol. The molecule has 1 unspecified atom stereocenters. The molecule has 0 aliphatic carbocycles. The second-order valence-electron chi connectivity index (χ2n) is 8.01. The molecule has 0 spiro atoms. The van der Waals surface area contributed by atoms with E-state index < -0.39 is 29.5 Å². The number of hydrogen-bond acceptors (Lipinski definition) is 6. The molecule has 4 aromatic rings. The summed E-state index contributed by atoms with van der Waals surface area (Å²) in [7, 11) is 1.29. The van der Waals surface area contributed by atoms with Crippen LogP contribution in [0.15, 0.2) is 58.1 Å². The van der Waals surface area contributed by atoms with Crippen LogP contribution in [0.2, 0.25) is 5.02 Å². The molecule has 4 rings (SSSR count). The third-order valence-electron chi connectivity index (χ3n) is 5.14. The normalized spacial score (nSPS) is 12.6. The Kier molecular flexibility index (Phi) is 6.83. The minimum Gasteiger partial charge on any atom is -0.425 e. The Morgan fingerprint density at radius 3 is 2.39 bits per heavy atom. The molecule has 1 atom stereocenters. The van der Waals surface area contributed by atoms with Gasteiger partial charge in [-0.3, -0.25) is 18.5 Å². The van der Waals surface area contributed by atoms with Gasteiger partial charge >= 0.3 is 18.1 Å². The number of benzene rings is 2. The van der Waals surface area contributed by atoms with Gasteiger partial charge in [-0.15, -0.1) is 13.2 Å². The molecule has 0 saturated heterocycles. The van der Waals surface area contributed by atoms with E-state index in [-0.39, 0.29) is 36.0 Å². The van der Waals surface area contributed by atoms with Gasteiger partial charge in [-0.25, -0.2) is 4.79 Å². The molecule has 0 radical (unpaired) electrons. The van der Waals surface area contributed by atoms with Gasteiger partial charge in [0.2, 0.25) is 0 Å². The van der Waals surface area contributed by atoms with Crippen LogP contribution in [0.1, 0.15) is 12.5 Å². The van der Waals surface area contributed by atoms with Crippen LogP contribution >= 0.6 is 11.6 Å². The summed E-state index contributed by atoms with van der Waals surface area (Å²) in [6.45, 7) is 1.37. The summed E-state index contributed by atoms with van der Waals surface area (Å²) in [5.41, 5.74) is -0.701. The number of hydrogen-bond donors (Lipinski definition) is 1. The summed E-state index contributed by atoms with van der Waals surface area (Å²) in [5.74, 6) is -0.562. The van der Waals surface area contributed by atoms with Crippen molar-refractivity contribution in [2.45, 2.75) is 32.5 Å². The zero-order valence-corrected chi connectivity index (χ0v) is 19.7. The fraction of sp³-hybridized carbons (Fsp3) is 0.261. The molecule has 13 heteroatoms. The highest BCUT2D eigenvalue weighted by Gasteiger charge is 2.31. The van der Waals surface area contributed by atoms with Crippen molar-refractivity contribution in [3.63, 3.8) is 0 Å². The largest absolute Gasteiger partial charge is 0.573 e. The average molecular weight is 525 g/mol. The van der Waals surface area contributed by atoms with Crippen molar-refractivity contribution >= 4 is 22.8 Å². The van der Waals surface area contributed by atoms with E-state index >= 15 is 0 Å². The lowest BCUT2D eigenvalue weighted by molar-refractivity contribution is -0.274. The molecule has 2 aromatic heterocycles. The van der Waals surface area contributed by atoms with Crippen LogP contribution in [-0.4, -0.2) is 36.3 Å². The van der Waals surface area contributed by atoms with Crippen LogP contribution < -0.4 is 20.7 Å².